The Hall–Kier alpha value is -3.86. The minimum atomic E-state index is -0.447. The summed E-state index contributed by atoms with van der Waals surface area (Å²) in [7, 11) is 0. The minimum absolute atomic E-state index is 0.0741. The first-order valence-corrected chi connectivity index (χ1v) is 10.6. The zero-order chi connectivity index (χ0) is 20.8. The summed E-state index contributed by atoms with van der Waals surface area (Å²) < 4.78 is 7.94. The molecule has 0 atom stereocenters. The van der Waals surface area contributed by atoms with E-state index in [1.807, 2.05) is 83.5 Å². The molecule has 152 valence electrons. The van der Waals surface area contributed by atoms with E-state index >= 15 is 0 Å². The van der Waals surface area contributed by atoms with Gasteiger partial charge in [0.05, 0.1) is 17.3 Å². The second-order valence-corrected chi connectivity index (χ2v) is 7.97. The van der Waals surface area contributed by atoms with Gasteiger partial charge >= 0.3 is 0 Å². The van der Waals surface area contributed by atoms with E-state index in [-0.39, 0.29) is 5.91 Å². The van der Waals surface area contributed by atoms with Gasteiger partial charge in [0.2, 0.25) is 5.91 Å². The topological polar surface area (TPSA) is 56.2 Å². The van der Waals surface area contributed by atoms with Crippen LogP contribution in [0.4, 0.5) is 5.82 Å². The van der Waals surface area contributed by atoms with Crippen molar-refractivity contribution in [3.8, 4) is 17.2 Å². The summed E-state index contributed by atoms with van der Waals surface area (Å²) in [6.07, 6.45) is 2.94. The van der Waals surface area contributed by atoms with E-state index in [9.17, 15) is 4.79 Å². The smallest absolute Gasteiger partial charge is 0.237 e. The normalized spacial score (nSPS) is 14.3. The summed E-state index contributed by atoms with van der Waals surface area (Å²) in [5, 5.41) is 8.07. The fourth-order valence-corrected chi connectivity index (χ4v) is 4.66. The Morgan fingerprint density at radius 2 is 1.52 bits per heavy atom. The molecule has 2 aliphatic rings. The van der Waals surface area contributed by atoms with Crippen molar-refractivity contribution in [2.75, 3.05) is 5.32 Å². The van der Waals surface area contributed by atoms with Crippen LogP contribution in [0, 0.1) is 0 Å². The third-order valence-electron chi connectivity index (χ3n) is 6.09. The fourth-order valence-electron chi connectivity index (χ4n) is 4.66. The molecule has 1 aliphatic carbocycles. The second-order valence-electron chi connectivity index (χ2n) is 7.97. The molecule has 0 spiro atoms. The van der Waals surface area contributed by atoms with E-state index < -0.39 is 5.92 Å². The maximum absolute atomic E-state index is 13.8. The summed E-state index contributed by atoms with van der Waals surface area (Å²) in [6.45, 7) is 0. The third-order valence-corrected chi connectivity index (χ3v) is 6.09. The summed E-state index contributed by atoms with van der Waals surface area (Å²) in [5.74, 6) is 1.71. The van der Waals surface area contributed by atoms with Gasteiger partial charge in [-0.25, -0.2) is 4.68 Å². The third kappa shape index (κ3) is 2.93. The lowest BCUT2D eigenvalue weighted by atomic mass is 9.87. The van der Waals surface area contributed by atoms with Gasteiger partial charge in [-0.2, -0.15) is 5.10 Å². The van der Waals surface area contributed by atoms with E-state index in [1.165, 1.54) is 0 Å². The quantitative estimate of drug-likeness (QED) is 0.505. The predicted octanol–water partition coefficient (Wildman–Crippen LogP) is 5.24. The molecule has 1 N–H and O–H groups in total. The van der Waals surface area contributed by atoms with Crippen molar-refractivity contribution in [2.24, 2.45) is 0 Å². The fraction of sp³-hybridized carbons (Fsp3) is 0.154. The minimum Gasteiger partial charge on any atom is -0.457 e. The number of rotatable bonds is 3. The molecule has 0 fully saturated rings. The molecule has 5 heteroatoms. The van der Waals surface area contributed by atoms with Gasteiger partial charge in [0, 0.05) is 16.7 Å². The van der Waals surface area contributed by atoms with Crippen LogP contribution in [0.25, 0.3) is 5.69 Å². The van der Waals surface area contributed by atoms with Crippen LogP contribution in [-0.2, 0) is 17.6 Å². The van der Waals surface area contributed by atoms with Crippen LogP contribution >= 0.6 is 0 Å². The molecule has 0 unspecified atom stereocenters. The number of hydrogen-bond acceptors (Lipinski definition) is 3. The van der Waals surface area contributed by atoms with Crippen LogP contribution in [0.5, 0.6) is 11.5 Å². The van der Waals surface area contributed by atoms with Crippen molar-refractivity contribution in [1.29, 1.82) is 0 Å². The second kappa shape index (κ2) is 7.13. The zero-order valence-electron chi connectivity index (χ0n) is 16.9. The number of aromatic nitrogens is 2. The van der Waals surface area contributed by atoms with Crippen molar-refractivity contribution in [3.05, 3.63) is 101 Å². The molecule has 5 nitrogen and oxygen atoms in total. The number of amides is 1. The summed E-state index contributed by atoms with van der Waals surface area (Å²) in [6, 6.07) is 25.5. The number of nitrogens with zero attached hydrogens (tertiary/aromatic N) is 2. The average Bonchev–Trinajstić information content (AvgIpc) is 3.40. The number of nitrogens with one attached hydrogen (secondary N) is 1. The first-order chi connectivity index (χ1) is 15.3. The zero-order valence-corrected chi connectivity index (χ0v) is 16.9. The van der Waals surface area contributed by atoms with Gasteiger partial charge in [0.1, 0.15) is 17.3 Å². The van der Waals surface area contributed by atoms with Crippen LogP contribution in [0.2, 0.25) is 0 Å². The van der Waals surface area contributed by atoms with Gasteiger partial charge in [0.15, 0.2) is 0 Å². The molecule has 1 aliphatic heterocycles. The number of carbonyl (C=O) groups excluding carboxylic acids is 1. The van der Waals surface area contributed by atoms with E-state index in [0.29, 0.717) is 0 Å². The number of carbonyl (C=O) groups is 1. The van der Waals surface area contributed by atoms with E-state index in [1.54, 1.807) is 0 Å². The molecule has 3 aromatic carbocycles. The summed E-state index contributed by atoms with van der Waals surface area (Å²) in [4.78, 5) is 13.8. The Bertz CT molecular complexity index is 1250. The standard InChI is InChI=1S/C26H21N3O2/c30-26(24-19-11-4-6-15-22(19)31-23-16-7-5-12-20(23)24)27-25-18-13-8-14-21(18)28-29(25)17-9-2-1-3-10-17/h1-7,9-12,15-16,24H,8,13-14H2,(H,27,30). The molecule has 1 amide bonds. The van der Waals surface area contributed by atoms with E-state index in [2.05, 4.69) is 5.32 Å². The first kappa shape index (κ1) is 18.0. The van der Waals surface area contributed by atoms with Crippen LogP contribution in [0.1, 0.15) is 34.7 Å². The Morgan fingerprint density at radius 3 is 2.23 bits per heavy atom. The van der Waals surface area contributed by atoms with Gasteiger partial charge in [-0.05, 0) is 43.5 Å². The number of anilines is 1. The number of fused-ring (bicyclic) bond motifs is 3. The number of aryl methyl sites for hydroxylation is 1. The van der Waals surface area contributed by atoms with E-state index in [0.717, 1.165) is 64.7 Å². The van der Waals surface area contributed by atoms with Crippen molar-refractivity contribution >= 4 is 11.7 Å². The monoisotopic (exact) mass is 407 g/mol. The van der Waals surface area contributed by atoms with Crippen LogP contribution in [-0.4, -0.2) is 15.7 Å². The lowest BCUT2D eigenvalue weighted by Crippen LogP contribution is -2.26. The Kier molecular flexibility index (Phi) is 4.13. The molecule has 4 aromatic rings. The average molecular weight is 407 g/mol. The summed E-state index contributed by atoms with van der Waals surface area (Å²) >= 11 is 0. The van der Waals surface area contributed by atoms with Gasteiger partial charge in [-0.1, -0.05) is 54.6 Å². The van der Waals surface area contributed by atoms with Crippen LogP contribution in [0.15, 0.2) is 78.9 Å². The molecule has 0 radical (unpaired) electrons. The van der Waals surface area contributed by atoms with Crippen molar-refractivity contribution in [3.63, 3.8) is 0 Å². The van der Waals surface area contributed by atoms with Crippen LogP contribution < -0.4 is 10.1 Å². The molecule has 2 heterocycles. The molecule has 31 heavy (non-hydrogen) atoms. The number of benzene rings is 3. The number of hydrogen-bond donors (Lipinski definition) is 1. The van der Waals surface area contributed by atoms with Gasteiger partial charge < -0.3 is 10.1 Å². The van der Waals surface area contributed by atoms with Gasteiger partial charge in [0.25, 0.3) is 0 Å². The highest BCUT2D eigenvalue weighted by Gasteiger charge is 2.34. The molecule has 1 aromatic heterocycles. The highest BCUT2D eigenvalue weighted by Crippen LogP contribution is 2.44. The Labute approximate surface area is 180 Å². The summed E-state index contributed by atoms with van der Waals surface area (Å²) in [5.41, 5.74) is 4.92. The molecule has 0 saturated carbocycles. The molecular formula is C26H21N3O2. The van der Waals surface area contributed by atoms with Crippen molar-refractivity contribution in [1.82, 2.24) is 9.78 Å². The van der Waals surface area contributed by atoms with Gasteiger partial charge in [-0.15, -0.1) is 0 Å². The largest absolute Gasteiger partial charge is 0.457 e. The highest BCUT2D eigenvalue weighted by atomic mass is 16.5. The predicted molar refractivity (Wildman–Crippen MR) is 119 cm³/mol. The molecule has 0 bridgehead atoms. The Morgan fingerprint density at radius 1 is 0.871 bits per heavy atom. The van der Waals surface area contributed by atoms with Crippen LogP contribution in [0.3, 0.4) is 0 Å². The van der Waals surface area contributed by atoms with Gasteiger partial charge in [-0.3, -0.25) is 4.79 Å². The molecule has 6 rings (SSSR count). The molecule has 0 saturated heterocycles. The maximum atomic E-state index is 13.8. The Balaban J connectivity index is 1.44. The number of para-hydroxylation sites is 3. The van der Waals surface area contributed by atoms with Crippen molar-refractivity contribution in [2.45, 2.75) is 25.2 Å². The first-order valence-electron chi connectivity index (χ1n) is 10.6. The highest BCUT2D eigenvalue weighted by molar-refractivity contribution is 5.99. The number of ether oxygens (including phenoxy) is 1. The van der Waals surface area contributed by atoms with Crippen molar-refractivity contribution < 1.29 is 9.53 Å². The lowest BCUT2D eigenvalue weighted by molar-refractivity contribution is -0.116. The maximum Gasteiger partial charge on any atom is 0.237 e. The van der Waals surface area contributed by atoms with E-state index in [4.69, 9.17) is 9.84 Å². The molecular weight excluding hydrogens is 386 g/mol. The SMILES string of the molecule is O=C(Nc1c2c(nn1-c1ccccc1)CCC2)C1c2ccccc2Oc2ccccc21. The lowest BCUT2D eigenvalue weighted by Gasteiger charge is -2.27.